The van der Waals surface area contributed by atoms with Gasteiger partial charge in [0.1, 0.15) is 11.5 Å². The minimum absolute atomic E-state index is 0.225. The molecule has 1 aliphatic heterocycles. The molecule has 27 heavy (non-hydrogen) atoms. The summed E-state index contributed by atoms with van der Waals surface area (Å²) < 4.78 is 15.2. The molecule has 0 radical (unpaired) electrons. The van der Waals surface area contributed by atoms with Gasteiger partial charge in [0.05, 0.1) is 21.3 Å². The van der Waals surface area contributed by atoms with E-state index in [1.807, 2.05) is 0 Å². The number of nitrogens with one attached hydrogen (secondary N) is 1. The zero-order valence-corrected chi connectivity index (χ0v) is 15.3. The van der Waals surface area contributed by atoms with Crippen LogP contribution in [0.25, 0.3) is 0 Å². The Labute approximate surface area is 156 Å². The number of rotatable bonds is 4. The lowest BCUT2D eigenvalue weighted by molar-refractivity contribution is -0.169. The molecule has 7 heteroatoms. The number of hydrogen-bond donors (Lipinski definition) is 2. The molecule has 7 nitrogen and oxygen atoms in total. The number of aliphatic hydroxyl groups is 1. The fourth-order valence-electron chi connectivity index (χ4n) is 3.32. The molecule has 3 rings (SSSR count). The van der Waals surface area contributed by atoms with E-state index in [2.05, 4.69) is 5.32 Å². The molecule has 0 fully saturated rings. The van der Waals surface area contributed by atoms with Gasteiger partial charge in [-0.1, -0.05) is 12.1 Å². The van der Waals surface area contributed by atoms with Crippen molar-refractivity contribution in [2.75, 3.05) is 26.6 Å². The number of methoxy groups -OCH3 is 3. The highest BCUT2D eigenvalue weighted by atomic mass is 16.5. The van der Waals surface area contributed by atoms with Crippen LogP contribution in [-0.2, 0) is 20.7 Å². The van der Waals surface area contributed by atoms with Crippen molar-refractivity contribution in [1.29, 1.82) is 0 Å². The number of fused-ring (bicyclic) bond motifs is 1. The van der Waals surface area contributed by atoms with Gasteiger partial charge in [0.2, 0.25) is 5.60 Å². The van der Waals surface area contributed by atoms with Gasteiger partial charge >= 0.3 is 5.97 Å². The number of hydrogen-bond acceptors (Lipinski definition) is 6. The first-order chi connectivity index (χ1) is 12.9. The molecule has 2 atom stereocenters. The first-order valence-corrected chi connectivity index (χ1v) is 8.37. The van der Waals surface area contributed by atoms with Gasteiger partial charge in [0.15, 0.2) is 0 Å². The first-order valence-electron chi connectivity index (χ1n) is 8.37. The molecular formula is C20H21NO6. The van der Waals surface area contributed by atoms with Crippen LogP contribution in [0.1, 0.15) is 17.0 Å². The fourth-order valence-corrected chi connectivity index (χ4v) is 3.32. The quantitative estimate of drug-likeness (QED) is 0.630. The van der Waals surface area contributed by atoms with Crippen LogP contribution in [0.2, 0.25) is 0 Å². The summed E-state index contributed by atoms with van der Waals surface area (Å²) in [6.45, 7) is 0. The van der Waals surface area contributed by atoms with Crippen molar-refractivity contribution in [2.45, 2.75) is 17.9 Å². The van der Waals surface area contributed by atoms with E-state index in [9.17, 15) is 14.7 Å². The van der Waals surface area contributed by atoms with E-state index in [0.29, 0.717) is 22.7 Å². The van der Waals surface area contributed by atoms with Crippen LogP contribution in [0.15, 0.2) is 42.5 Å². The second-order valence-corrected chi connectivity index (χ2v) is 6.27. The third kappa shape index (κ3) is 3.21. The molecule has 2 unspecified atom stereocenters. The molecule has 1 heterocycles. The molecule has 0 bridgehead atoms. The second kappa shape index (κ2) is 7.28. The van der Waals surface area contributed by atoms with Crippen molar-refractivity contribution in [3.63, 3.8) is 0 Å². The summed E-state index contributed by atoms with van der Waals surface area (Å²) in [6, 6.07) is 12.0. The van der Waals surface area contributed by atoms with E-state index < -0.39 is 23.4 Å². The van der Waals surface area contributed by atoms with Crippen molar-refractivity contribution in [3.05, 3.63) is 53.6 Å². The average molecular weight is 371 g/mol. The minimum atomic E-state index is -2.38. The lowest BCUT2D eigenvalue weighted by Gasteiger charge is -2.30. The van der Waals surface area contributed by atoms with E-state index in [1.165, 1.54) is 0 Å². The number of carbonyl (C=O) groups is 2. The molecule has 2 N–H and O–H groups in total. The van der Waals surface area contributed by atoms with Crippen LogP contribution in [0.5, 0.6) is 11.5 Å². The third-order valence-electron chi connectivity index (χ3n) is 4.85. The number of benzene rings is 2. The topological polar surface area (TPSA) is 94.1 Å². The Morgan fingerprint density at radius 1 is 1.07 bits per heavy atom. The summed E-state index contributed by atoms with van der Waals surface area (Å²) in [6.07, 6.45) is 0.225. The Hall–Kier alpha value is -3.06. The molecule has 2 aromatic carbocycles. The molecule has 1 amide bonds. The summed E-state index contributed by atoms with van der Waals surface area (Å²) in [5.41, 5.74) is -0.521. The van der Waals surface area contributed by atoms with Crippen LogP contribution in [0.4, 0.5) is 5.69 Å². The first kappa shape index (κ1) is 18.7. The van der Waals surface area contributed by atoms with Gasteiger partial charge in [0.25, 0.3) is 5.91 Å². The molecule has 0 spiro atoms. The van der Waals surface area contributed by atoms with Crippen LogP contribution < -0.4 is 14.8 Å². The maximum absolute atomic E-state index is 12.8. The van der Waals surface area contributed by atoms with E-state index >= 15 is 0 Å². The molecular weight excluding hydrogens is 350 g/mol. The maximum atomic E-state index is 12.8. The van der Waals surface area contributed by atoms with Crippen molar-refractivity contribution in [3.8, 4) is 11.5 Å². The van der Waals surface area contributed by atoms with Crippen molar-refractivity contribution in [2.24, 2.45) is 0 Å². The van der Waals surface area contributed by atoms with Crippen molar-refractivity contribution < 1.29 is 28.9 Å². The smallest absolute Gasteiger partial charge is 0.348 e. The largest absolute Gasteiger partial charge is 0.497 e. The highest BCUT2D eigenvalue weighted by Crippen LogP contribution is 2.40. The second-order valence-electron chi connectivity index (χ2n) is 6.27. The van der Waals surface area contributed by atoms with E-state index in [-0.39, 0.29) is 6.42 Å². The van der Waals surface area contributed by atoms with E-state index in [0.717, 1.165) is 12.7 Å². The van der Waals surface area contributed by atoms with Crippen molar-refractivity contribution in [1.82, 2.24) is 0 Å². The molecule has 2 aromatic rings. The molecule has 0 aliphatic carbocycles. The Morgan fingerprint density at radius 2 is 1.70 bits per heavy atom. The van der Waals surface area contributed by atoms with Gasteiger partial charge in [-0.25, -0.2) is 4.79 Å². The van der Waals surface area contributed by atoms with Crippen LogP contribution >= 0.6 is 0 Å². The summed E-state index contributed by atoms with van der Waals surface area (Å²) in [5, 5.41) is 13.8. The van der Waals surface area contributed by atoms with Crippen molar-refractivity contribution >= 4 is 17.6 Å². The monoisotopic (exact) mass is 371 g/mol. The molecule has 0 saturated heterocycles. The number of amides is 1. The normalized spacial score (nSPS) is 21.5. The zero-order valence-electron chi connectivity index (χ0n) is 15.3. The Morgan fingerprint density at radius 3 is 2.30 bits per heavy atom. The van der Waals surface area contributed by atoms with Gasteiger partial charge < -0.3 is 24.6 Å². The van der Waals surface area contributed by atoms with Gasteiger partial charge in [-0.15, -0.1) is 0 Å². The van der Waals surface area contributed by atoms with Gasteiger partial charge in [0, 0.05) is 11.6 Å². The molecule has 0 aromatic heterocycles. The molecule has 1 aliphatic rings. The molecule has 142 valence electrons. The summed E-state index contributed by atoms with van der Waals surface area (Å²) in [7, 11) is 4.23. The SMILES string of the molecule is COC(=O)C1(O)C(=O)Nc2ccc(OC)cc2CC1c1ccc(OC)cc1. The summed E-state index contributed by atoms with van der Waals surface area (Å²) >= 11 is 0. The number of anilines is 1. The third-order valence-corrected chi connectivity index (χ3v) is 4.85. The van der Waals surface area contributed by atoms with Crippen LogP contribution in [0, 0.1) is 0 Å². The Bertz CT molecular complexity index is 863. The molecule has 0 saturated carbocycles. The lowest BCUT2D eigenvalue weighted by atomic mass is 9.78. The predicted molar refractivity (Wildman–Crippen MR) is 98.0 cm³/mol. The standard InChI is InChI=1S/C20H21NO6/c1-25-14-6-4-12(5-7-14)16-11-13-10-15(26-2)8-9-17(13)21-18(22)20(16,24)19(23)27-3/h4-10,16,24H,11H2,1-3H3,(H,21,22). The van der Waals surface area contributed by atoms with Gasteiger partial charge in [-0.2, -0.15) is 0 Å². The van der Waals surface area contributed by atoms with E-state index in [4.69, 9.17) is 14.2 Å². The Kier molecular flexibility index (Phi) is 5.05. The lowest BCUT2D eigenvalue weighted by Crippen LogP contribution is -2.54. The minimum Gasteiger partial charge on any atom is -0.497 e. The summed E-state index contributed by atoms with van der Waals surface area (Å²) in [4.78, 5) is 25.3. The van der Waals surface area contributed by atoms with Crippen LogP contribution in [-0.4, -0.2) is 43.9 Å². The van der Waals surface area contributed by atoms with E-state index in [1.54, 1.807) is 56.7 Å². The Balaban J connectivity index is 2.15. The highest BCUT2D eigenvalue weighted by molar-refractivity contribution is 6.13. The van der Waals surface area contributed by atoms with Gasteiger partial charge in [-0.05, 0) is 47.9 Å². The predicted octanol–water partition coefficient (Wildman–Crippen LogP) is 1.89. The van der Waals surface area contributed by atoms with Crippen LogP contribution in [0.3, 0.4) is 0 Å². The summed E-state index contributed by atoms with van der Waals surface area (Å²) in [5.74, 6) is -1.47. The number of esters is 1. The number of ether oxygens (including phenoxy) is 3. The average Bonchev–Trinajstić information content (AvgIpc) is 2.82. The zero-order chi connectivity index (χ0) is 19.6. The number of carbonyl (C=O) groups excluding carboxylic acids is 2. The maximum Gasteiger partial charge on any atom is 0.348 e. The van der Waals surface area contributed by atoms with Gasteiger partial charge in [-0.3, -0.25) is 4.79 Å². The highest BCUT2D eigenvalue weighted by Gasteiger charge is 2.54. The fraction of sp³-hybridized carbons (Fsp3) is 0.300.